The van der Waals surface area contributed by atoms with E-state index in [4.69, 9.17) is 33.5 Å². The molecular weight excluding hydrogens is 415 g/mol. The number of anilines is 1. The van der Waals surface area contributed by atoms with Gasteiger partial charge in [-0.3, -0.25) is 9.78 Å². The first kappa shape index (κ1) is 19.6. The predicted octanol–water partition coefficient (Wildman–Crippen LogP) is 0.936. The molecule has 5 N–H and O–H groups in total. The smallest absolute Gasteiger partial charge is 0.257 e. The number of sulfonamides is 2. The molecule has 13 heteroatoms. The lowest BCUT2D eigenvalue weighted by Crippen LogP contribution is -2.21. The third-order valence-corrected chi connectivity index (χ3v) is 5.76. The number of carbonyl (C=O) groups excluding carboxylic acids is 1. The van der Waals surface area contributed by atoms with Gasteiger partial charge in [-0.15, -0.1) is 0 Å². The van der Waals surface area contributed by atoms with Crippen LogP contribution in [-0.2, 0) is 20.0 Å². The lowest BCUT2D eigenvalue weighted by molar-refractivity contribution is 0.102. The maximum atomic E-state index is 12.2. The maximum absolute atomic E-state index is 12.2. The number of amides is 1. The van der Waals surface area contributed by atoms with Crippen molar-refractivity contribution in [3.8, 4) is 0 Å². The number of carbonyl (C=O) groups is 1. The zero-order valence-corrected chi connectivity index (χ0v) is 15.2. The summed E-state index contributed by atoms with van der Waals surface area (Å²) in [6.07, 6.45) is 2.65. The van der Waals surface area contributed by atoms with Crippen LogP contribution in [0, 0.1) is 0 Å². The molecule has 1 aromatic carbocycles. The van der Waals surface area contributed by atoms with Crippen LogP contribution in [0.15, 0.2) is 40.4 Å². The molecule has 0 spiro atoms. The fraction of sp³-hybridized carbons (Fsp3) is 0. The second-order valence-electron chi connectivity index (χ2n) is 4.66. The second-order valence-corrected chi connectivity index (χ2v) is 8.48. The minimum Gasteiger partial charge on any atom is -0.319 e. The second kappa shape index (κ2) is 6.86. The molecule has 0 atom stereocenters. The fourth-order valence-electron chi connectivity index (χ4n) is 1.81. The molecule has 1 aromatic heterocycles. The molecular formula is C12H10Cl2N4O5S2. The van der Waals surface area contributed by atoms with Gasteiger partial charge in [0.25, 0.3) is 5.91 Å². The van der Waals surface area contributed by atoms with E-state index in [1.165, 1.54) is 24.5 Å². The Hall–Kier alpha value is -1.76. The Balaban J connectivity index is 2.69. The summed E-state index contributed by atoms with van der Waals surface area (Å²) in [6, 6.07) is 3.51. The van der Waals surface area contributed by atoms with Gasteiger partial charge in [0.1, 0.15) is 9.79 Å². The van der Waals surface area contributed by atoms with Crippen molar-refractivity contribution in [2.24, 2.45) is 10.3 Å². The van der Waals surface area contributed by atoms with Crippen molar-refractivity contribution >= 4 is 54.8 Å². The summed E-state index contributed by atoms with van der Waals surface area (Å²) in [5.74, 6) is -0.765. The topological polar surface area (TPSA) is 162 Å². The van der Waals surface area contributed by atoms with Gasteiger partial charge in [0, 0.05) is 12.4 Å². The Morgan fingerprint density at radius 3 is 2.12 bits per heavy atom. The van der Waals surface area contributed by atoms with Gasteiger partial charge in [-0.2, -0.15) is 0 Å². The lowest BCUT2D eigenvalue weighted by Gasteiger charge is -2.15. The fourth-order valence-corrected chi connectivity index (χ4v) is 4.07. The van der Waals surface area contributed by atoms with Gasteiger partial charge in [-0.25, -0.2) is 27.1 Å². The van der Waals surface area contributed by atoms with E-state index in [2.05, 4.69) is 10.3 Å². The summed E-state index contributed by atoms with van der Waals surface area (Å²) >= 11 is 11.8. The molecule has 2 rings (SSSR count). The van der Waals surface area contributed by atoms with E-state index in [1.54, 1.807) is 0 Å². The first-order valence-electron chi connectivity index (χ1n) is 6.22. The zero-order valence-electron chi connectivity index (χ0n) is 12.1. The highest BCUT2D eigenvalue weighted by atomic mass is 35.5. The molecule has 0 aliphatic carbocycles. The lowest BCUT2D eigenvalue weighted by atomic mass is 10.2. The molecule has 134 valence electrons. The van der Waals surface area contributed by atoms with Gasteiger partial charge < -0.3 is 5.32 Å². The SMILES string of the molecule is NS(=O)(=O)c1cc(S(N)(=O)=O)c(NC(=O)c2cccnc2)c(Cl)c1Cl. The van der Waals surface area contributed by atoms with Crippen LogP contribution in [-0.4, -0.2) is 27.7 Å². The van der Waals surface area contributed by atoms with Gasteiger partial charge in [0.2, 0.25) is 20.0 Å². The van der Waals surface area contributed by atoms with Crippen molar-refractivity contribution in [1.82, 2.24) is 4.98 Å². The van der Waals surface area contributed by atoms with E-state index in [0.717, 1.165) is 0 Å². The third-order valence-electron chi connectivity index (χ3n) is 2.91. The molecule has 0 bridgehead atoms. The van der Waals surface area contributed by atoms with Crippen molar-refractivity contribution in [2.75, 3.05) is 5.32 Å². The standard InChI is InChI=1S/C12H10Cl2N4O5S2/c13-9-7(24(15,20)21)4-8(25(16,22)23)11(10(9)14)18-12(19)6-2-1-3-17-5-6/h1-5H,(H,18,19)(H2,15,20,21)(H2,16,22,23). The van der Waals surface area contributed by atoms with Crippen LogP contribution in [0.4, 0.5) is 5.69 Å². The van der Waals surface area contributed by atoms with Crippen LogP contribution >= 0.6 is 23.2 Å². The van der Waals surface area contributed by atoms with Crippen molar-refractivity contribution < 1.29 is 21.6 Å². The number of benzene rings is 1. The van der Waals surface area contributed by atoms with E-state index in [0.29, 0.717) is 6.07 Å². The minimum atomic E-state index is -4.48. The number of primary sulfonamides is 2. The average Bonchev–Trinajstić information content (AvgIpc) is 2.50. The molecule has 0 aliphatic heterocycles. The molecule has 0 aliphatic rings. The highest BCUT2D eigenvalue weighted by Gasteiger charge is 2.27. The number of rotatable bonds is 4. The quantitative estimate of drug-likeness (QED) is 0.660. The minimum absolute atomic E-state index is 0.0885. The Kier molecular flexibility index (Phi) is 5.37. The van der Waals surface area contributed by atoms with E-state index in [9.17, 15) is 21.6 Å². The Bertz CT molecular complexity index is 1060. The summed E-state index contributed by atoms with van der Waals surface area (Å²) in [6.45, 7) is 0. The van der Waals surface area contributed by atoms with Crippen LogP contribution in [0.5, 0.6) is 0 Å². The van der Waals surface area contributed by atoms with Crippen molar-refractivity contribution in [3.05, 3.63) is 46.2 Å². The van der Waals surface area contributed by atoms with E-state index >= 15 is 0 Å². The van der Waals surface area contributed by atoms with Gasteiger partial charge in [-0.1, -0.05) is 23.2 Å². The van der Waals surface area contributed by atoms with Gasteiger partial charge in [0.05, 0.1) is 21.3 Å². The third kappa shape index (κ3) is 4.26. The molecule has 0 saturated heterocycles. The first-order chi connectivity index (χ1) is 11.4. The van der Waals surface area contributed by atoms with Crippen LogP contribution in [0.25, 0.3) is 0 Å². The molecule has 0 radical (unpaired) electrons. The van der Waals surface area contributed by atoms with Crippen LogP contribution in [0.3, 0.4) is 0 Å². The summed E-state index contributed by atoms with van der Waals surface area (Å²) in [5.41, 5.74) is -0.388. The number of nitrogens with one attached hydrogen (secondary N) is 1. The summed E-state index contributed by atoms with van der Waals surface area (Å²) in [5, 5.41) is 11.2. The van der Waals surface area contributed by atoms with E-state index in [-0.39, 0.29) is 5.56 Å². The summed E-state index contributed by atoms with van der Waals surface area (Å²) in [7, 11) is -8.87. The molecule has 25 heavy (non-hydrogen) atoms. The van der Waals surface area contributed by atoms with Crippen molar-refractivity contribution in [3.63, 3.8) is 0 Å². The van der Waals surface area contributed by atoms with Gasteiger partial charge >= 0.3 is 0 Å². The number of pyridine rings is 1. The van der Waals surface area contributed by atoms with E-state index < -0.39 is 51.5 Å². The Morgan fingerprint density at radius 2 is 1.64 bits per heavy atom. The van der Waals surface area contributed by atoms with Crippen LogP contribution in [0.2, 0.25) is 10.0 Å². The zero-order chi connectivity index (χ0) is 19.0. The number of halogens is 2. The predicted molar refractivity (Wildman–Crippen MR) is 91.4 cm³/mol. The Morgan fingerprint density at radius 1 is 1.04 bits per heavy atom. The highest BCUT2D eigenvalue weighted by molar-refractivity contribution is 7.90. The molecule has 9 nitrogen and oxygen atoms in total. The maximum Gasteiger partial charge on any atom is 0.257 e. The molecule has 0 fully saturated rings. The van der Waals surface area contributed by atoms with Gasteiger partial charge in [-0.05, 0) is 18.2 Å². The molecule has 0 unspecified atom stereocenters. The highest BCUT2D eigenvalue weighted by Crippen LogP contribution is 2.39. The summed E-state index contributed by atoms with van der Waals surface area (Å²) in [4.78, 5) is 14.4. The molecule has 1 amide bonds. The van der Waals surface area contributed by atoms with Crippen molar-refractivity contribution in [2.45, 2.75) is 9.79 Å². The number of hydrogen-bond donors (Lipinski definition) is 3. The van der Waals surface area contributed by atoms with Crippen LogP contribution in [0.1, 0.15) is 10.4 Å². The average molecular weight is 425 g/mol. The van der Waals surface area contributed by atoms with Crippen molar-refractivity contribution in [1.29, 1.82) is 0 Å². The number of hydrogen-bond acceptors (Lipinski definition) is 6. The largest absolute Gasteiger partial charge is 0.319 e. The molecule has 0 saturated carbocycles. The van der Waals surface area contributed by atoms with Crippen LogP contribution < -0.4 is 15.6 Å². The molecule has 2 aromatic rings. The monoisotopic (exact) mass is 424 g/mol. The number of nitrogens with two attached hydrogens (primary N) is 2. The normalized spacial score (nSPS) is 12.0. The molecule has 1 heterocycles. The number of aromatic nitrogens is 1. The number of nitrogens with zero attached hydrogens (tertiary/aromatic N) is 1. The first-order valence-corrected chi connectivity index (χ1v) is 10.1. The van der Waals surface area contributed by atoms with E-state index in [1.807, 2.05) is 0 Å². The Labute approximate surface area is 153 Å². The van der Waals surface area contributed by atoms with Gasteiger partial charge in [0.15, 0.2) is 0 Å². The summed E-state index contributed by atoms with van der Waals surface area (Å²) < 4.78 is 46.7.